The predicted molar refractivity (Wildman–Crippen MR) is 80.1 cm³/mol. The summed E-state index contributed by atoms with van der Waals surface area (Å²) >= 11 is 1.84. The number of para-hydroxylation sites is 1. The van der Waals surface area contributed by atoms with Crippen molar-refractivity contribution in [3.8, 4) is 0 Å². The molecular weight excluding hydrogens is 274 g/mol. The summed E-state index contributed by atoms with van der Waals surface area (Å²) in [6.45, 7) is 0.281. The first-order chi connectivity index (χ1) is 9.66. The lowest BCUT2D eigenvalue weighted by atomic mass is 9.97. The van der Waals surface area contributed by atoms with Crippen molar-refractivity contribution in [2.75, 3.05) is 18.1 Å². The second-order valence-electron chi connectivity index (χ2n) is 5.17. The van der Waals surface area contributed by atoms with E-state index in [1.165, 1.54) is 0 Å². The third-order valence-corrected chi connectivity index (χ3v) is 4.64. The van der Waals surface area contributed by atoms with Crippen LogP contribution < -0.4 is 5.32 Å². The molecule has 1 amide bonds. The summed E-state index contributed by atoms with van der Waals surface area (Å²) in [5.74, 6) is 1.90. The number of carbonyl (C=O) groups is 1. The van der Waals surface area contributed by atoms with Crippen molar-refractivity contribution < 1.29 is 14.3 Å². The molecule has 0 atom stereocenters. The molecule has 1 aliphatic rings. The first-order valence-electron chi connectivity index (χ1n) is 6.73. The molecule has 106 valence electrons. The van der Waals surface area contributed by atoms with Crippen molar-refractivity contribution >= 4 is 28.6 Å². The SMILES string of the molecule is O=C(NCC1(O)CCSCC1)c1cc2ccccc2o1. The molecule has 2 aromatic rings. The Morgan fingerprint density at radius 1 is 1.35 bits per heavy atom. The number of hydrogen-bond donors (Lipinski definition) is 2. The van der Waals surface area contributed by atoms with E-state index in [-0.39, 0.29) is 12.5 Å². The summed E-state index contributed by atoms with van der Waals surface area (Å²) in [7, 11) is 0. The lowest BCUT2D eigenvalue weighted by Gasteiger charge is -2.31. The maximum Gasteiger partial charge on any atom is 0.287 e. The lowest BCUT2D eigenvalue weighted by molar-refractivity contribution is 0.0307. The van der Waals surface area contributed by atoms with Crippen molar-refractivity contribution in [3.63, 3.8) is 0 Å². The maximum atomic E-state index is 12.1. The van der Waals surface area contributed by atoms with Crippen molar-refractivity contribution in [3.05, 3.63) is 36.1 Å². The van der Waals surface area contributed by atoms with E-state index < -0.39 is 5.60 Å². The molecular formula is C15H17NO3S. The summed E-state index contributed by atoms with van der Waals surface area (Å²) in [6, 6.07) is 9.24. The molecule has 1 aliphatic heterocycles. The van der Waals surface area contributed by atoms with Gasteiger partial charge in [0.25, 0.3) is 5.91 Å². The van der Waals surface area contributed by atoms with E-state index >= 15 is 0 Å². The van der Waals surface area contributed by atoms with Gasteiger partial charge < -0.3 is 14.8 Å². The number of carbonyl (C=O) groups excluding carboxylic acids is 1. The van der Waals surface area contributed by atoms with Gasteiger partial charge in [0.1, 0.15) is 5.58 Å². The molecule has 2 N–H and O–H groups in total. The van der Waals surface area contributed by atoms with E-state index in [1.54, 1.807) is 6.07 Å². The Balaban J connectivity index is 1.66. The standard InChI is InChI=1S/C15H17NO3S/c17-14(16-10-15(18)5-7-20-8-6-15)13-9-11-3-1-2-4-12(11)19-13/h1-4,9,18H,5-8,10H2,(H,16,17). The largest absolute Gasteiger partial charge is 0.451 e. The molecule has 0 radical (unpaired) electrons. The molecule has 0 unspecified atom stereocenters. The molecule has 1 saturated heterocycles. The third kappa shape index (κ3) is 2.83. The number of rotatable bonds is 3. The van der Waals surface area contributed by atoms with Gasteiger partial charge in [-0.05, 0) is 36.5 Å². The first kappa shape index (κ1) is 13.5. The quantitative estimate of drug-likeness (QED) is 0.911. The van der Waals surface area contributed by atoms with Gasteiger partial charge in [0.2, 0.25) is 0 Å². The number of aliphatic hydroxyl groups is 1. The normalized spacial score (nSPS) is 18.1. The van der Waals surface area contributed by atoms with Crippen LogP contribution in [0.4, 0.5) is 0 Å². The predicted octanol–water partition coefficient (Wildman–Crippen LogP) is 2.42. The van der Waals surface area contributed by atoms with Crippen LogP contribution in [0.2, 0.25) is 0 Å². The highest BCUT2D eigenvalue weighted by Crippen LogP contribution is 2.26. The average molecular weight is 291 g/mol. The van der Waals surface area contributed by atoms with Gasteiger partial charge >= 0.3 is 0 Å². The minimum Gasteiger partial charge on any atom is -0.451 e. The van der Waals surface area contributed by atoms with Gasteiger partial charge in [0.15, 0.2) is 5.76 Å². The number of benzene rings is 1. The van der Waals surface area contributed by atoms with E-state index in [9.17, 15) is 9.90 Å². The van der Waals surface area contributed by atoms with Gasteiger partial charge in [-0.3, -0.25) is 4.79 Å². The summed E-state index contributed by atoms with van der Waals surface area (Å²) in [4.78, 5) is 12.1. The Hall–Kier alpha value is -1.46. The highest BCUT2D eigenvalue weighted by Gasteiger charge is 2.30. The zero-order chi connectivity index (χ0) is 14.0. The van der Waals surface area contributed by atoms with Crippen molar-refractivity contribution in [1.82, 2.24) is 5.32 Å². The second kappa shape index (κ2) is 5.50. The van der Waals surface area contributed by atoms with Crippen LogP contribution in [0.5, 0.6) is 0 Å². The number of thioether (sulfide) groups is 1. The van der Waals surface area contributed by atoms with Gasteiger partial charge in [-0.25, -0.2) is 0 Å². The zero-order valence-electron chi connectivity index (χ0n) is 11.1. The fourth-order valence-corrected chi connectivity index (χ4v) is 3.61. The Morgan fingerprint density at radius 3 is 2.85 bits per heavy atom. The van der Waals surface area contributed by atoms with Crippen molar-refractivity contribution in [1.29, 1.82) is 0 Å². The first-order valence-corrected chi connectivity index (χ1v) is 7.89. The fraction of sp³-hybridized carbons (Fsp3) is 0.400. The summed E-state index contributed by atoms with van der Waals surface area (Å²) in [6.07, 6.45) is 1.44. The average Bonchev–Trinajstić information content (AvgIpc) is 2.89. The van der Waals surface area contributed by atoms with E-state index in [1.807, 2.05) is 36.0 Å². The topological polar surface area (TPSA) is 62.5 Å². The summed E-state index contributed by atoms with van der Waals surface area (Å²) in [5, 5.41) is 14.0. The maximum absolute atomic E-state index is 12.1. The van der Waals surface area contributed by atoms with Gasteiger partial charge in [-0.15, -0.1) is 0 Å². The summed E-state index contributed by atoms with van der Waals surface area (Å²) in [5.41, 5.74) is -0.0714. The van der Waals surface area contributed by atoms with Gasteiger partial charge in [0.05, 0.1) is 5.60 Å². The molecule has 0 bridgehead atoms. The van der Waals surface area contributed by atoms with E-state index in [0.29, 0.717) is 11.3 Å². The number of hydrogen-bond acceptors (Lipinski definition) is 4. The molecule has 3 rings (SSSR count). The number of amides is 1. The molecule has 5 heteroatoms. The second-order valence-corrected chi connectivity index (χ2v) is 6.39. The van der Waals surface area contributed by atoms with Crippen LogP contribution in [0, 0.1) is 0 Å². The van der Waals surface area contributed by atoms with Gasteiger partial charge in [0, 0.05) is 11.9 Å². The number of furan rings is 1. The molecule has 4 nitrogen and oxygen atoms in total. The third-order valence-electron chi connectivity index (χ3n) is 3.65. The smallest absolute Gasteiger partial charge is 0.287 e. The van der Waals surface area contributed by atoms with Crippen LogP contribution in [0.3, 0.4) is 0 Å². The fourth-order valence-electron chi connectivity index (χ4n) is 2.35. The van der Waals surface area contributed by atoms with E-state index in [0.717, 1.165) is 29.7 Å². The molecule has 2 heterocycles. The Bertz CT molecular complexity index is 583. The lowest BCUT2D eigenvalue weighted by Crippen LogP contribution is -2.45. The highest BCUT2D eigenvalue weighted by atomic mass is 32.2. The van der Waals surface area contributed by atoms with Crippen LogP contribution >= 0.6 is 11.8 Å². The highest BCUT2D eigenvalue weighted by molar-refractivity contribution is 7.99. The molecule has 0 saturated carbocycles. The molecule has 0 aliphatic carbocycles. The molecule has 20 heavy (non-hydrogen) atoms. The van der Waals surface area contributed by atoms with Crippen LogP contribution in [0.25, 0.3) is 11.0 Å². The summed E-state index contributed by atoms with van der Waals surface area (Å²) < 4.78 is 5.50. The van der Waals surface area contributed by atoms with Gasteiger partial charge in [-0.2, -0.15) is 11.8 Å². The Labute approximate surface area is 121 Å². The minimum absolute atomic E-state index is 0.271. The molecule has 1 aromatic heterocycles. The van der Waals surface area contributed by atoms with Gasteiger partial charge in [-0.1, -0.05) is 18.2 Å². The van der Waals surface area contributed by atoms with Crippen molar-refractivity contribution in [2.24, 2.45) is 0 Å². The Kier molecular flexibility index (Phi) is 3.72. The van der Waals surface area contributed by atoms with E-state index in [4.69, 9.17) is 4.42 Å². The zero-order valence-corrected chi connectivity index (χ0v) is 11.9. The van der Waals surface area contributed by atoms with Crippen LogP contribution in [0.1, 0.15) is 23.4 Å². The number of fused-ring (bicyclic) bond motifs is 1. The molecule has 1 aromatic carbocycles. The van der Waals surface area contributed by atoms with Crippen LogP contribution in [-0.4, -0.2) is 34.7 Å². The Morgan fingerprint density at radius 2 is 2.10 bits per heavy atom. The van der Waals surface area contributed by atoms with Crippen LogP contribution in [-0.2, 0) is 0 Å². The molecule has 1 fully saturated rings. The minimum atomic E-state index is -0.771. The van der Waals surface area contributed by atoms with Crippen molar-refractivity contribution in [2.45, 2.75) is 18.4 Å². The van der Waals surface area contributed by atoms with E-state index in [2.05, 4.69) is 5.32 Å². The molecule has 0 spiro atoms. The van der Waals surface area contributed by atoms with Crippen LogP contribution in [0.15, 0.2) is 34.7 Å². The monoisotopic (exact) mass is 291 g/mol. The number of nitrogens with one attached hydrogen (secondary N) is 1.